The van der Waals surface area contributed by atoms with Gasteiger partial charge in [-0.1, -0.05) is 0 Å². The Morgan fingerprint density at radius 2 is 2.07 bits per heavy atom. The number of aliphatic hydroxyl groups is 1. The molecule has 0 spiro atoms. The lowest BCUT2D eigenvalue weighted by Gasteiger charge is -2.05. The molecule has 0 aromatic rings. The zero-order chi connectivity index (χ0) is 11.7. The van der Waals surface area contributed by atoms with E-state index >= 15 is 0 Å². The summed E-state index contributed by atoms with van der Waals surface area (Å²) in [6, 6.07) is 0. The van der Waals surface area contributed by atoms with Crippen LogP contribution >= 0.6 is 0 Å². The number of aliphatic hydroxyl groups excluding tert-OH is 1. The van der Waals surface area contributed by atoms with Crippen LogP contribution in [0.2, 0.25) is 0 Å². The molecule has 8 heteroatoms. The summed E-state index contributed by atoms with van der Waals surface area (Å²) in [7, 11) is -3.17. The average molecular weight is 240 g/mol. The van der Waals surface area contributed by atoms with Crippen LogP contribution in [0.4, 0.5) is 4.79 Å². The van der Waals surface area contributed by atoms with Gasteiger partial charge in [-0.25, -0.2) is 17.9 Å². The minimum Gasteiger partial charge on any atom is -0.447 e. The van der Waals surface area contributed by atoms with Crippen LogP contribution in [0, 0.1) is 0 Å². The predicted octanol–water partition coefficient (Wildman–Crippen LogP) is -1.36. The summed E-state index contributed by atoms with van der Waals surface area (Å²) < 4.78 is 28.0. The molecule has 0 unspecified atom stereocenters. The molecular formula is C7H16N2O5S. The number of ether oxygens (including phenoxy) is 1. The van der Waals surface area contributed by atoms with E-state index in [-0.39, 0.29) is 19.8 Å². The topological polar surface area (TPSA) is 105 Å². The average Bonchev–Trinajstić information content (AvgIpc) is 2.12. The van der Waals surface area contributed by atoms with Crippen LogP contribution in [-0.2, 0) is 14.8 Å². The quantitative estimate of drug-likeness (QED) is 0.477. The molecule has 0 fully saturated rings. The van der Waals surface area contributed by atoms with E-state index < -0.39 is 16.1 Å². The van der Waals surface area contributed by atoms with Crippen LogP contribution in [0.3, 0.4) is 0 Å². The lowest BCUT2D eigenvalue weighted by Crippen LogP contribution is -2.30. The van der Waals surface area contributed by atoms with Crippen molar-refractivity contribution in [2.24, 2.45) is 0 Å². The molecule has 0 radical (unpaired) electrons. The zero-order valence-electron chi connectivity index (χ0n) is 8.52. The van der Waals surface area contributed by atoms with Crippen LogP contribution in [0.15, 0.2) is 0 Å². The van der Waals surface area contributed by atoms with Gasteiger partial charge in [-0.2, -0.15) is 0 Å². The number of hydrogen-bond acceptors (Lipinski definition) is 5. The Labute approximate surface area is 88.9 Å². The van der Waals surface area contributed by atoms with Crippen molar-refractivity contribution in [1.29, 1.82) is 0 Å². The number of nitrogens with one attached hydrogen (secondary N) is 2. The molecule has 0 atom stereocenters. The Bertz CT molecular complexity index is 277. The van der Waals surface area contributed by atoms with E-state index in [9.17, 15) is 13.2 Å². The van der Waals surface area contributed by atoms with Gasteiger partial charge in [0.05, 0.1) is 12.9 Å². The van der Waals surface area contributed by atoms with E-state index in [1.54, 1.807) is 0 Å². The first kappa shape index (κ1) is 14.1. The minimum atomic E-state index is -3.17. The van der Waals surface area contributed by atoms with Crippen LogP contribution in [0.5, 0.6) is 0 Å². The number of sulfonamides is 1. The summed E-state index contributed by atoms with van der Waals surface area (Å²) >= 11 is 0. The van der Waals surface area contributed by atoms with Crippen LogP contribution in [0.25, 0.3) is 0 Å². The highest BCUT2D eigenvalue weighted by molar-refractivity contribution is 7.88. The highest BCUT2D eigenvalue weighted by Crippen LogP contribution is 1.80. The van der Waals surface area contributed by atoms with Crippen molar-refractivity contribution in [2.45, 2.75) is 6.42 Å². The summed E-state index contributed by atoms with van der Waals surface area (Å²) in [6.45, 7) is 0.308. The lowest BCUT2D eigenvalue weighted by atomic mass is 10.4. The molecule has 90 valence electrons. The molecule has 0 aliphatic heterocycles. The molecule has 0 aromatic heterocycles. The Kier molecular flexibility index (Phi) is 7.01. The van der Waals surface area contributed by atoms with Crippen LogP contribution in [0.1, 0.15) is 6.42 Å². The minimum absolute atomic E-state index is 0.0482. The van der Waals surface area contributed by atoms with Gasteiger partial charge >= 0.3 is 6.09 Å². The third-order valence-electron chi connectivity index (χ3n) is 1.31. The fourth-order valence-corrected chi connectivity index (χ4v) is 1.24. The Morgan fingerprint density at radius 3 is 2.60 bits per heavy atom. The highest BCUT2D eigenvalue weighted by atomic mass is 32.2. The molecule has 15 heavy (non-hydrogen) atoms. The maximum absolute atomic E-state index is 10.8. The number of carbonyl (C=O) groups is 1. The SMILES string of the molecule is CS(=O)(=O)NCCCNC(=O)OCCO. The van der Waals surface area contributed by atoms with Crippen molar-refractivity contribution in [2.75, 3.05) is 32.6 Å². The van der Waals surface area contributed by atoms with Gasteiger partial charge in [-0.15, -0.1) is 0 Å². The van der Waals surface area contributed by atoms with Gasteiger partial charge in [0, 0.05) is 13.1 Å². The molecule has 0 saturated carbocycles. The maximum Gasteiger partial charge on any atom is 0.407 e. The summed E-state index contributed by atoms with van der Waals surface area (Å²) in [5.41, 5.74) is 0. The van der Waals surface area contributed by atoms with Gasteiger partial charge in [-0.3, -0.25) is 0 Å². The van der Waals surface area contributed by atoms with Gasteiger partial charge in [0.2, 0.25) is 10.0 Å². The fourth-order valence-electron chi connectivity index (χ4n) is 0.726. The normalized spacial score (nSPS) is 11.1. The van der Waals surface area contributed by atoms with E-state index in [0.717, 1.165) is 6.26 Å². The molecule has 0 aliphatic carbocycles. The molecule has 0 aromatic carbocycles. The second-order valence-corrected chi connectivity index (χ2v) is 4.64. The highest BCUT2D eigenvalue weighted by Gasteiger charge is 2.01. The summed E-state index contributed by atoms with van der Waals surface area (Å²) in [6.07, 6.45) is 0.917. The van der Waals surface area contributed by atoms with Crippen molar-refractivity contribution in [3.63, 3.8) is 0 Å². The van der Waals surface area contributed by atoms with E-state index in [1.807, 2.05) is 0 Å². The monoisotopic (exact) mass is 240 g/mol. The standard InChI is InChI=1S/C7H16N2O5S/c1-15(12,13)9-4-2-3-8-7(11)14-6-5-10/h9-10H,2-6H2,1H3,(H,8,11). The number of carbonyl (C=O) groups excluding carboxylic acids is 1. The van der Waals surface area contributed by atoms with Crippen molar-refractivity contribution in [3.05, 3.63) is 0 Å². The fraction of sp³-hybridized carbons (Fsp3) is 0.857. The summed E-state index contributed by atoms with van der Waals surface area (Å²) in [5, 5.41) is 10.7. The van der Waals surface area contributed by atoms with Gasteiger partial charge in [0.15, 0.2) is 0 Å². The van der Waals surface area contributed by atoms with Crippen LogP contribution < -0.4 is 10.0 Å². The first-order chi connectivity index (χ1) is 6.95. The predicted molar refractivity (Wildman–Crippen MR) is 53.9 cm³/mol. The molecule has 0 rings (SSSR count). The van der Waals surface area contributed by atoms with E-state index in [2.05, 4.69) is 14.8 Å². The molecular weight excluding hydrogens is 224 g/mol. The third kappa shape index (κ3) is 11.1. The zero-order valence-corrected chi connectivity index (χ0v) is 9.34. The molecule has 0 saturated heterocycles. The van der Waals surface area contributed by atoms with Gasteiger partial charge in [0.25, 0.3) is 0 Å². The van der Waals surface area contributed by atoms with Crippen molar-refractivity contribution in [3.8, 4) is 0 Å². The lowest BCUT2D eigenvalue weighted by molar-refractivity contribution is 0.119. The Hall–Kier alpha value is -0.860. The third-order valence-corrected chi connectivity index (χ3v) is 2.04. The number of hydrogen-bond donors (Lipinski definition) is 3. The second-order valence-electron chi connectivity index (χ2n) is 2.81. The summed E-state index contributed by atoms with van der Waals surface area (Å²) in [4.78, 5) is 10.8. The van der Waals surface area contributed by atoms with Crippen LogP contribution in [-0.4, -0.2) is 52.2 Å². The smallest absolute Gasteiger partial charge is 0.407 e. The molecule has 3 N–H and O–H groups in total. The van der Waals surface area contributed by atoms with Gasteiger partial charge in [-0.05, 0) is 6.42 Å². The van der Waals surface area contributed by atoms with Crippen molar-refractivity contribution in [1.82, 2.24) is 10.0 Å². The largest absolute Gasteiger partial charge is 0.447 e. The number of rotatable bonds is 7. The number of amides is 1. The number of alkyl carbamates (subject to hydrolysis) is 1. The first-order valence-electron chi connectivity index (χ1n) is 4.42. The Morgan fingerprint density at radius 1 is 1.40 bits per heavy atom. The van der Waals surface area contributed by atoms with E-state index in [4.69, 9.17) is 5.11 Å². The van der Waals surface area contributed by atoms with Gasteiger partial charge in [0.1, 0.15) is 6.61 Å². The Balaban J connectivity index is 3.35. The van der Waals surface area contributed by atoms with E-state index in [1.165, 1.54) is 0 Å². The molecule has 0 heterocycles. The second kappa shape index (κ2) is 7.43. The first-order valence-corrected chi connectivity index (χ1v) is 6.31. The van der Waals surface area contributed by atoms with E-state index in [0.29, 0.717) is 13.0 Å². The van der Waals surface area contributed by atoms with Crippen molar-refractivity contribution < 1.29 is 23.1 Å². The molecule has 1 amide bonds. The summed E-state index contributed by atoms with van der Waals surface area (Å²) in [5.74, 6) is 0. The van der Waals surface area contributed by atoms with Crippen molar-refractivity contribution >= 4 is 16.1 Å². The molecule has 0 bridgehead atoms. The molecule has 0 aliphatic rings. The van der Waals surface area contributed by atoms with Gasteiger partial charge < -0.3 is 15.2 Å². The maximum atomic E-state index is 10.8. The molecule has 7 nitrogen and oxygen atoms in total.